The van der Waals surface area contributed by atoms with Crippen LogP contribution in [0.2, 0.25) is 0 Å². The molecule has 1 amide bonds. The topological polar surface area (TPSA) is 32.3 Å². The van der Waals surface area contributed by atoms with Crippen molar-refractivity contribution >= 4 is 5.91 Å². The number of nitrogens with one attached hydrogen (secondary N) is 1. The van der Waals surface area contributed by atoms with Gasteiger partial charge in [0.1, 0.15) is 0 Å². The zero-order chi connectivity index (χ0) is 17.5. The van der Waals surface area contributed by atoms with Crippen molar-refractivity contribution in [2.75, 3.05) is 13.1 Å². The smallest absolute Gasteiger partial charge is 0.228 e. The van der Waals surface area contributed by atoms with Crippen molar-refractivity contribution in [1.29, 1.82) is 0 Å². The Bertz CT molecular complexity index is 759. The van der Waals surface area contributed by atoms with Gasteiger partial charge in [-0.3, -0.25) is 9.69 Å². The largest absolute Gasteiger partial charge is 0.352 e. The number of carbonyl (C=O) groups is 1. The normalized spacial score (nSPS) is 28.4. The monoisotopic (exact) mass is 346 g/mol. The summed E-state index contributed by atoms with van der Waals surface area (Å²) in [6.45, 7) is 3.26. The van der Waals surface area contributed by atoms with E-state index in [9.17, 15) is 4.79 Å². The van der Waals surface area contributed by atoms with Crippen molar-refractivity contribution in [2.24, 2.45) is 17.8 Å². The van der Waals surface area contributed by atoms with Crippen molar-refractivity contribution in [1.82, 2.24) is 10.2 Å². The summed E-state index contributed by atoms with van der Waals surface area (Å²) in [5.74, 6) is 2.16. The fourth-order valence-electron chi connectivity index (χ4n) is 4.78. The molecule has 1 aliphatic heterocycles. The van der Waals surface area contributed by atoms with Gasteiger partial charge in [0.05, 0.1) is 5.92 Å². The summed E-state index contributed by atoms with van der Waals surface area (Å²) >= 11 is 0. The summed E-state index contributed by atoms with van der Waals surface area (Å²) < 4.78 is 0. The van der Waals surface area contributed by atoms with Gasteiger partial charge in [0.25, 0.3) is 0 Å². The predicted molar refractivity (Wildman–Crippen MR) is 103 cm³/mol. The van der Waals surface area contributed by atoms with Gasteiger partial charge in [0.15, 0.2) is 0 Å². The third-order valence-corrected chi connectivity index (χ3v) is 6.36. The molecule has 3 heteroatoms. The number of likely N-dealkylation sites (tertiary alicyclic amines) is 1. The minimum absolute atomic E-state index is 0.0537. The Morgan fingerprint density at radius 3 is 2.19 bits per heavy atom. The van der Waals surface area contributed by atoms with Gasteiger partial charge in [0, 0.05) is 25.7 Å². The van der Waals surface area contributed by atoms with E-state index >= 15 is 0 Å². The first-order valence-corrected chi connectivity index (χ1v) is 9.91. The zero-order valence-corrected chi connectivity index (χ0v) is 15.1. The van der Waals surface area contributed by atoms with Gasteiger partial charge < -0.3 is 5.32 Å². The van der Waals surface area contributed by atoms with E-state index in [1.54, 1.807) is 0 Å². The highest BCUT2D eigenvalue weighted by atomic mass is 16.2. The average Bonchev–Trinajstić information content (AvgIpc) is 3.56. The lowest BCUT2D eigenvalue weighted by Gasteiger charge is -2.21. The molecule has 1 saturated heterocycles. The molecule has 2 aliphatic carbocycles. The molecule has 3 nitrogen and oxygen atoms in total. The fraction of sp³-hybridized carbons (Fsp3) is 0.435. The van der Waals surface area contributed by atoms with Crippen LogP contribution in [0, 0.1) is 17.8 Å². The number of amides is 1. The van der Waals surface area contributed by atoms with Crippen LogP contribution in [0.3, 0.4) is 0 Å². The fourth-order valence-corrected chi connectivity index (χ4v) is 4.78. The highest BCUT2D eigenvalue weighted by Crippen LogP contribution is 2.47. The maximum Gasteiger partial charge on any atom is 0.228 e. The quantitative estimate of drug-likeness (QED) is 0.869. The van der Waals surface area contributed by atoms with E-state index in [1.165, 1.54) is 24.0 Å². The Kier molecular flexibility index (Phi) is 4.05. The number of nitrogens with zero attached hydrogens (tertiary/aromatic N) is 1. The SMILES string of the molecule is O=C(N[C@H]1C2CN(Cc3ccccc3)C[C@@H]21)[C@H](c1ccccc1)C1CC1. The second-order valence-electron chi connectivity index (χ2n) is 8.27. The van der Waals surface area contributed by atoms with Crippen LogP contribution < -0.4 is 5.32 Å². The van der Waals surface area contributed by atoms with Gasteiger partial charge in [-0.15, -0.1) is 0 Å². The lowest BCUT2D eigenvalue weighted by Crippen LogP contribution is -2.37. The molecule has 0 bridgehead atoms. The van der Waals surface area contributed by atoms with Crippen molar-refractivity contribution < 1.29 is 4.79 Å². The Hall–Kier alpha value is -2.13. The molecule has 2 aromatic rings. The Morgan fingerprint density at radius 1 is 0.962 bits per heavy atom. The first-order valence-electron chi connectivity index (χ1n) is 9.91. The molecule has 1 N–H and O–H groups in total. The van der Waals surface area contributed by atoms with Crippen LogP contribution in [-0.2, 0) is 11.3 Å². The lowest BCUT2D eigenvalue weighted by molar-refractivity contribution is -0.123. The van der Waals surface area contributed by atoms with Gasteiger partial charge in [-0.25, -0.2) is 0 Å². The van der Waals surface area contributed by atoms with Crippen molar-refractivity contribution in [3.63, 3.8) is 0 Å². The van der Waals surface area contributed by atoms with Crippen LogP contribution in [-0.4, -0.2) is 29.9 Å². The summed E-state index contributed by atoms with van der Waals surface area (Å²) in [6, 6.07) is 21.4. The summed E-state index contributed by atoms with van der Waals surface area (Å²) in [7, 11) is 0. The van der Waals surface area contributed by atoms with E-state index in [2.05, 4.69) is 52.7 Å². The first kappa shape index (κ1) is 16.1. The molecule has 3 aliphatic rings. The number of piperidine rings is 1. The van der Waals surface area contributed by atoms with Gasteiger partial charge in [-0.05, 0) is 41.7 Å². The molecule has 26 heavy (non-hydrogen) atoms. The molecule has 5 rings (SSSR count). The molecule has 2 saturated carbocycles. The predicted octanol–water partition coefficient (Wildman–Crippen LogP) is 3.43. The van der Waals surface area contributed by atoms with Crippen LogP contribution in [0.1, 0.15) is 29.9 Å². The van der Waals surface area contributed by atoms with E-state index in [1.807, 2.05) is 18.2 Å². The summed E-state index contributed by atoms with van der Waals surface area (Å²) in [6.07, 6.45) is 2.38. The molecule has 0 spiro atoms. The molecular weight excluding hydrogens is 320 g/mol. The molecule has 1 unspecified atom stereocenters. The van der Waals surface area contributed by atoms with Crippen LogP contribution in [0.4, 0.5) is 0 Å². The minimum atomic E-state index is 0.0537. The van der Waals surface area contributed by atoms with Crippen LogP contribution >= 0.6 is 0 Å². The summed E-state index contributed by atoms with van der Waals surface area (Å²) in [4.78, 5) is 15.5. The number of carbonyl (C=O) groups excluding carboxylic acids is 1. The zero-order valence-electron chi connectivity index (χ0n) is 15.1. The van der Waals surface area contributed by atoms with Crippen molar-refractivity contribution in [3.8, 4) is 0 Å². The Balaban J connectivity index is 1.17. The van der Waals surface area contributed by atoms with E-state index in [0.29, 0.717) is 23.8 Å². The minimum Gasteiger partial charge on any atom is -0.352 e. The molecular formula is C23H26N2O. The van der Waals surface area contributed by atoms with E-state index in [-0.39, 0.29) is 11.8 Å². The third-order valence-electron chi connectivity index (χ3n) is 6.36. The second kappa shape index (κ2) is 6.55. The molecule has 0 aromatic heterocycles. The van der Waals surface area contributed by atoms with Gasteiger partial charge >= 0.3 is 0 Å². The molecule has 3 fully saturated rings. The third kappa shape index (κ3) is 3.16. The molecule has 134 valence electrons. The standard InChI is InChI=1S/C23H26N2O/c26-23(21(18-11-12-18)17-9-5-2-6-10-17)24-22-19-14-25(15-20(19)22)13-16-7-3-1-4-8-16/h1-10,18-22H,11-15H2,(H,24,26)/t19-,20?,21+,22+/m0/s1. The van der Waals surface area contributed by atoms with E-state index < -0.39 is 0 Å². The molecule has 2 aromatic carbocycles. The average molecular weight is 346 g/mol. The van der Waals surface area contributed by atoms with Gasteiger partial charge in [0.2, 0.25) is 5.91 Å². The first-order chi connectivity index (χ1) is 12.8. The number of fused-ring (bicyclic) bond motifs is 1. The lowest BCUT2D eigenvalue weighted by atomic mass is 9.93. The van der Waals surface area contributed by atoms with E-state index in [4.69, 9.17) is 0 Å². The van der Waals surface area contributed by atoms with Crippen LogP contribution in [0.25, 0.3) is 0 Å². The highest BCUT2D eigenvalue weighted by molar-refractivity contribution is 5.85. The second-order valence-corrected chi connectivity index (χ2v) is 8.27. The highest BCUT2D eigenvalue weighted by Gasteiger charge is 2.56. The van der Waals surface area contributed by atoms with Gasteiger partial charge in [-0.1, -0.05) is 60.7 Å². The maximum atomic E-state index is 13.0. The maximum absolute atomic E-state index is 13.0. The van der Waals surface area contributed by atoms with Crippen molar-refractivity contribution in [3.05, 3.63) is 71.8 Å². The number of benzene rings is 2. The summed E-state index contributed by atoms with van der Waals surface area (Å²) in [5.41, 5.74) is 2.57. The van der Waals surface area contributed by atoms with Crippen LogP contribution in [0.5, 0.6) is 0 Å². The Labute approximate surface area is 155 Å². The van der Waals surface area contributed by atoms with Crippen LogP contribution in [0.15, 0.2) is 60.7 Å². The van der Waals surface area contributed by atoms with Gasteiger partial charge in [-0.2, -0.15) is 0 Å². The van der Waals surface area contributed by atoms with Crippen molar-refractivity contribution in [2.45, 2.75) is 31.3 Å². The Morgan fingerprint density at radius 2 is 1.58 bits per heavy atom. The molecule has 0 radical (unpaired) electrons. The summed E-state index contributed by atoms with van der Waals surface area (Å²) in [5, 5.41) is 3.39. The molecule has 1 heterocycles. The number of hydrogen-bond donors (Lipinski definition) is 1. The number of hydrogen-bond acceptors (Lipinski definition) is 2. The number of rotatable bonds is 6. The molecule has 4 atom stereocenters. The van der Waals surface area contributed by atoms with E-state index in [0.717, 1.165) is 19.6 Å².